The number of esters is 1. The Morgan fingerprint density at radius 3 is 2.75 bits per heavy atom. The normalized spacial score (nSPS) is 19.1. The summed E-state index contributed by atoms with van der Waals surface area (Å²) in [5, 5.41) is 0. The van der Waals surface area contributed by atoms with Crippen molar-refractivity contribution in [3.8, 4) is 0 Å². The second-order valence-corrected chi connectivity index (χ2v) is 6.96. The molecule has 2 rings (SSSR count). The fourth-order valence-electron chi connectivity index (χ4n) is 1.89. The van der Waals surface area contributed by atoms with E-state index in [4.69, 9.17) is 20.2 Å². The molecule has 20 heavy (non-hydrogen) atoms. The van der Waals surface area contributed by atoms with Crippen molar-refractivity contribution in [2.75, 3.05) is 13.2 Å². The molecular weight excluding hydrogens is 311 g/mol. The fourth-order valence-corrected chi connectivity index (χ4v) is 3.09. The van der Waals surface area contributed by atoms with Gasteiger partial charge >= 0.3 is 5.97 Å². The Hall–Kier alpha value is -1.18. The number of hydrogen-bond acceptors (Lipinski definition) is 5. The molecule has 1 atom stereocenters. The highest BCUT2D eigenvalue weighted by molar-refractivity contribution is 8.13. The molecule has 1 aliphatic rings. The molecule has 0 aliphatic carbocycles. The Labute approximate surface area is 120 Å². The summed E-state index contributed by atoms with van der Waals surface area (Å²) in [4.78, 5) is 11.5. The van der Waals surface area contributed by atoms with Crippen LogP contribution < -0.4 is 0 Å². The second kappa shape index (κ2) is 5.67. The maximum absolute atomic E-state index is 13.8. The minimum absolute atomic E-state index is 0.123. The quantitative estimate of drug-likeness (QED) is 0.629. The van der Waals surface area contributed by atoms with Gasteiger partial charge in [0.1, 0.15) is 11.9 Å². The van der Waals surface area contributed by atoms with Crippen LogP contribution in [-0.2, 0) is 18.5 Å². The predicted molar refractivity (Wildman–Crippen MR) is 68.8 cm³/mol. The van der Waals surface area contributed by atoms with Crippen LogP contribution in [0.5, 0.6) is 0 Å². The van der Waals surface area contributed by atoms with Gasteiger partial charge in [0.25, 0.3) is 9.05 Å². The molecule has 0 amide bonds. The Kier molecular flexibility index (Phi) is 4.31. The van der Waals surface area contributed by atoms with Crippen LogP contribution in [-0.4, -0.2) is 33.7 Å². The summed E-state index contributed by atoms with van der Waals surface area (Å²) < 4.78 is 46.6. The van der Waals surface area contributed by atoms with Gasteiger partial charge in [-0.25, -0.2) is 17.6 Å². The molecule has 0 saturated carbocycles. The number of aryl methyl sites for hydroxylation is 1. The van der Waals surface area contributed by atoms with Crippen molar-refractivity contribution in [3.05, 3.63) is 29.1 Å². The Morgan fingerprint density at radius 2 is 2.20 bits per heavy atom. The molecule has 1 aliphatic heterocycles. The standard InChI is InChI=1S/C12H12ClFO5S/c1-7-4-10(14)9(5-11(7)20(13,16)17)12(15)19-8-2-3-18-6-8/h4-5,8H,2-3,6H2,1H3. The van der Waals surface area contributed by atoms with E-state index < -0.39 is 32.5 Å². The van der Waals surface area contributed by atoms with Gasteiger partial charge in [-0.2, -0.15) is 0 Å². The number of carbonyl (C=O) groups is 1. The second-order valence-electron chi connectivity index (χ2n) is 4.43. The van der Waals surface area contributed by atoms with E-state index in [1.54, 1.807) is 0 Å². The van der Waals surface area contributed by atoms with Gasteiger partial charge in [-0.1, -0.05) is 0 Å². The van der Waals surface area contributed by atoms with Gasteiger partial charge in [-0.05, 0) is 24.6 Å². The van der Waals surface area contributed by atoms with Crippen LogP contribution in [0.15, 0.2) is 17.0 Å². The zero-order valence-electron chi connectivity index (χ0n) is 10.6. The topological polar surface area (TPSA) is 69.7 Å². The van der Waals surface area contributed by atoms with Crippen LogP contribution in [0.1, 0.15) is 22.3 Å². The van der Waals surface area contributed by atoms with E-state index in [0.717, 1.165) is 12.1 Å². The van der Waals surface area contributed by atoms with Gasteiger partial charge in [0.15, 0.2) is 0 Å². The third kappa shape index (κ3) is 3.28. The number of rotatable bonds is 3. The van der Waals surface area contributed by atoms with Crippen molar-refractivity contribution in [3.63, 3.8) is 0 Å². The van der Waals surface area contributed by atoms with Crippen molar-refractivity contribution in [2.24, 2.45) is 0 Å². The first-order valence-corrected chi connectivity index (χ1v) is 8.13. The van der Waals surface area contributed by atoms with Gasteiger partial charge in [0.2, 0.25) is 0 Å². The van der Waals surface area contributed by atoms with E-state index in [2.05, 4.69) is 0 Å². The molecule has 110 valence electrons. The average molecular weight is 323 g/mol. The van der Waals surface area contributed by atoms with Crippen LogP contribution in [0, 0.1) is 12.7 Å². The Bertz CT molecular complexity index is 637. The average Bonchev–Trinajstić information content (AvgIpc) is 2.79. The van der Waals surface area contributed by atoms with E-state index in [0.29, 0.717) is 13.0 Å². The molecule has 1 fully saturated rings. The Balaban J connectivity index is 2.33. The number of benzene rings is 1. The highest BCUT2D eigenvalue weighted by Gasteiger charge is 2.25. The molecule has 0 bridgehead atoms. The largest absolute Gasteiger partial charge is 0.456 e. The summed E-state index contributed by atoms with van der Waals surface area (Å²) in [5.41, 5.74) is -0.333. The molecule has 1 heterocycles. The molecule has 0 aromatic heterocycles. The van der Waals surface area contributed by atoms with Gasteiger partial charge < -0.3 is 9.47 Å². The van der Waals surface area contributed by atoms with Crippen LogP contribution in [0.25, 0.3) is 0 Å². The van der Waals surface area contributed by atoms with Crippen molar-refractivity contribution in [2.45, 2.75) is 24.3 Å². The lowest BCUT2D eigenvalue weighted by molar-refractivity contribution is 0.0265. The van der Waals surface area contributed by atoms with E-state index >= 15 is 0 Å². The molecule has 1 aromatic carbocycles. The lowest BCUT2D eigenvalue weighted by Crippen LogP contribution is -2.19. The molecule has 0 radical (unpaired) electrons. The van der Waals surface area contributed by atoms with Gasteiger partial charge in [0.05, 0.1) is 23.7 Å². The molecule has 8 heteroatoms. The maximum atomic E-state index is 13.8. The zero-order valence-corrected chi connectivity index (χ0v) is 12.1. The minimum atomic E-state index is -4.06. The van der Waals surface area contributed by atoms with Crippen molar-refractivity contribution in [1.29, 1.82) is 0 Å². The summed E-state index contributed by atoms with van der Waals surface area (Å²) in [5.74, 6) is -1.78. The smallest absolute Gasteiger partial charge is 0.341 e. The number of halogens is 2. The SMILES string of the molecule is Cc1cc(F)c(C(=O)OC2CCOC2)cc1S(=O)(=O)Cl. The number of carbonyl (C=O) groups excluding carboxylic acids is 1. The van der Waals surface area contributed by atoms with Crippen molar-refractivity contribution >= 4 is 25.7 Å². The van der Waals surface area contributed by atoms with E-state index in [1.165, 1.54) is 6.92 Å². The van der Waals surface area contributed by atoms with Crippen molar-refractivity contribution in [1.82, 2.24) is 0 Å². The fraction of sp³-hybridized carbons (Fsp3) is 0.417. The first-order chi connectivity index (χ1) is 9.29. The maximum Gasteiger partial charge on any atom is 0.341 e. The zero-order chi connectivity index (χ0) is 14.9. The van der Waals surface area contributed by atoms with Crippen LogP contribution >= 0.6 is 10.7 Å². The summed E-state index contributed by atoms with van der Waals surface area (Å²) in [7, 11) is 1.18. The van der Waals surface area contributed by atoms with E-state index in [1.807, 2.05) is 0 Å². The molecule has 1 unspecified atom stereocenters. The number of ether oxygens (including phenoxy) is 2. The third-order valence-electron chi connectivity index (χ3n) is 2.91. The summed E-state index contributed by atoms with van der Waals surface area (Å²) >= 11 is 0. The van der Waals surface area contributed by atoms with Gasteiger partial charge in [-0.15, -0.1) is 0 Å². The molecule has 1 saturated heterocycles. The van der Waals surface area contributed by atoms with E-state index in [9.17, 15) is 17.6 Å². The molecule has 0 N–H and O–H groups in total. The summed E-state index contributed by atoms with van der Waals surface area (Å²) in [6.45, 7) is 2.10. The first-order valence-electron chi connectivity index (χ1n) is 5.82. The van der Waals surface area contributed by atoms with Gasteiger partial charge in [0, 0.05) is 17.1 Å². The monoisotopic (exact) mass is 322 g/mol. The van der Waals surface area contributed by atoms with Crippen LogP contribution in [0.3, 0.4) is 0 Å². The summed E-state index contributed by atoms with van der Waals surface area (Å²) in [6.07, 6.45) is 0.0825. The molecule has 1 aromatic rings. The third-order valence-corrected chi connectivity index (χ3v) is 4.37. The van der Waals surface area contributed by atoms with Crippen LogP contribution in [0.2, 0.25) is 0 Å². The Morgan fingerprint density at radius 1 is 1.50 bits per heavy atom. The molecule has 0 spiro atoms. The minimum Gasteiger partial charge on any atom is -0.456 e. The molecular formula is C12H12ClFO5S. The highest BCUT2D eigenvalue weighted by atomic mass is 35.7. The van der Waals surface area contributed by atoms with E-state index in [-0.39, 0.29) is 17.1 Å². The molecule has 5 nitrogen and oxygen atoms in total. The predicted octanol–water partition coefficient (Wildman–Crippen LogP) is 2.01. The highest BCUT2D eigenvalue weighted by Crippen LogP contribution is 2.24. The first kappa shape index (κ1) is 15.2. The lowest BCUT2D eigenvalue weighted by atomic mass is 10.1. The van der Waals surface area contributed by atoms with Gasteiger partial charge in [-0.3, -0.25) is 0 Å². The van der Waals surface area contributed by atoms with Crippen LogP contribution in [0.4, 0.5) is 4.39 Å². The van der Waals surface area contributed by atoms with Crippen molar-refractivity contribution < 1.29 is 27.1 Å². The summed E-state index contributed by atoms with van der Waals surface area (Å²) in [6, 6.07) is 1.84. The lowest BCUT2D eigenvalue weighted by Gasteiger charge is -2.12. The number of hydrogen-bond donors (Lipinski definition) is 0.